The quantitative estimate of drug-likeness (QED) is 0.389. The van der Waals surface area contributed by atoms with Gasteiger partial charge >= 0.3 is 0 Å². The van der Waals surface area contributed by atoms with Gasteiger partial charge in [0.05, 0.1) is 28.7 Å². The Morgan fingerprint density at radius 1 is 0.939 bits per heavy atom. The van der Waals surface area contributed by atoms with Crippen LogP contribution < -0.4 is 10.6 Å². The van der Waals surface area contributed by atoms with E-state index in [1.54, 1.807) is 28.9 Å². The van der Waals surface area contributed by atoms with E-state index in [-0.39, 0.29) is 23.6 Å². The molecule has 1 aromatic heterocycles. The van der Waals surface area contributed by atoms with Gasteiger partial charge in [0.25, 0.3) is 5.91 Å². The third kappa shape index (κ3) is 5.64. The molecule has 2 amide bonds. The summed E-state index contributed by atoms with van der Waals surface area (Å²) in [5, 5.41) is 18.0. The molecule has 0 fully saturated rings. The van der Waals surface area contributed by atoms with Crippen molar-refractivity contribution >= 4 is 29.3 Å². The molecule has 33 heavy (non-hydrogen) atoms. The van der Waals surface area contributed by atoms with Crippen molar-refractivity contribution in [2.45, 2.75) is 18.1 Å². The molecule has 0 spiro atoms. The number of amides is 2. The summed E-state index contributed by atoms with van der Waals surface area (Å²) in [5.74, 6) is -0.439. The van der Waals surface area contributed by atoms with Crippen LogP contribution in [0.3, 0.4) is 0 Å². The van der Waals surface area contributed by atoms with Crippen molar-refractivity contribution in [3.05, 3.63) is 96.1 Å². The maximum atomic E-state index is 12.9. The Labute approximate surface area is 195 Å². The van der Waals surface area contributed by atoms with E-state index in [1.807, 2.05) is 67.6 Å². The van der Waals surface area contributed by atoms with E-state index in [2.05, 4.69) is 26.2 Å². The molecule has 4 rings (SSSR count). The monoisotopic (exact) mass is 458 g/mol. The van der Waals surface area contributed by atoms with Crippen LogP contribution in [0, 0.1) is 0 Å². The van der Waals surface area contributed by atoms with Gasteiger partial charge in [-0.05, 0) is 47.2 Å². The highest BCUT2D eigenvalue weighted by atomic mass is 32.2. The van der Waals surface area contributed by atoms with E-state index in [9.17, 15) is 9.59 Å². The molecule has 166 valence electrons. The molecule has 0 aliphatic rings. The second-order valence-electron chi connectivity index (χ2n) is 7.20. The van der Waals surface area contributed by atoms with Crippen LogP contribution in [0.25, 0.3) is 5.69 Å². The molecule has 2 N–H and O–H groups in total. The Hall–Kier alpha value is -3.98. The number of carbonyl (C=O) groups is 2. The van der Waals surface area contributed by atoms with Crippen LogP contribution in [-0.2, 0) is 4.79 Å². The third-order valence-electron chi connectivity index (χ3n) is 4.87. The van der Waals surface area contributed by atoms with E-state index in [1.165, 1.54) is 11.8 Å². The lowest BCUT2D eigenvalue weighted by molar-refractivity contribution is -0.113. The number of tetrazole rings is 1. The molecule has 0 bridgehead atoms. The van der Waals surface area contributed by atoms with Gasteiger partial charge in [-0.25, -0.2) is 0 Å². The zero-order valence-corrected chi connectivity index (χ0v) is 18.7. The molecule has 1 heterocycles. The predicted molar refractivity (Wildman–Crippen MR) is 127 cm³/mol. The minimum atomic E-state index is -0.265. The standard InChI is InChI=1S/C24H22N6O2S/c1-17(18-10-4-2-5-11-18)25-23(32)20-14-8-9-15-21(20)26-22(31)16-33-24-27-28-29-30(24)19-12-6-3-7-13-19/h2-15,17H,16H2,1H3,(H,25,32)(H,26,31)/t17-/m0/s1. The van der Waals surface area contributed by atoms with Gasteiger partial charge in [-0.2, -0.15) is 4.68 Å². The van der Waals surface area contributed by atoms with Crippen molar-refractivity contribution in [2.24, 2.45) is 0 Å². The molecule has 0 aliphatic heterocycles. The van der Waals surface area contributed by atoms with Gasteiger partial charge in [0.15, 0.2) is 0 Å². The number of hydrogen-bond acceptors (Lipinski definition) is 6. The number of anilines is 1. The van der Waals surface area contributed by atoms with Crippen LogP contribution in [0.5, 0.6) is 0 Å². The van der Waals surface area contributed by atoms with Crippen LogP contribution in [0.1, 0.15) is 28.9 Å². The van der Waals surface area contributed by atoms with Gasteiger partial charge in [-0.3, -0.25) is 9.59 Å². The first kappa shape index (κ1) is 22.2. The lowest BCUT2D eigenvalue weighted by Gasteiger charge is -2.16. The lowest BCUT2D eigenvalue weighted by Crippen LogP contribution is -2.28. The van der Waals surface area contributed by atoms with E-state index in [0.717, 1.165) is 11.3 Å². The smallest absolute Gasteiger partial charge is 0.253 e. The molecule has 8 nitrogen and oxygen atoms in total. The highest BCUT2D eigenvalue weighted by Gasteiger charge is 2.17. The van der Waals surface area contributed by atoms with Gasteiger partial charge in [0, 0.05) is 0 Å². The summed E-state index contributed by atoms with van der Waals surface area (Å²) in [7, 11) is 0. The molecule has 0 unspecified atom stereocenters. The Bertz CT molecular complexity index is 1230. The highest BCUT2D eigenvalue weighted by molar-refractivity contribution is 7.99. The van der Waals surface area contributed by atoms with Gasteiger partial charge in [-0.1, -0.05) is 72.4 Å². The molecule has 0 radical (unpaired) electrons. The number of aromatic nitrogens is 4. The largest absolute Gasteiger partial charge is 0.345 e. The normalized spacial score (nSPS) is 11.5. The van der Waals surface area contributed by atoms with Gasteiger partial charge < -0.3 is 10.6 Å². The SMILES string of the molecule is C[C@H](NC(=O)c1ccccc1NC(=O)CSc1nnnn1-c1ccccc1)c1ccccc1. The fourth-order valence-electron chi connectivity index (χ4n) is 3.21. The summed E-state index contributed by atoms with van der Waals surface area (Å²) >= 11 is 1.21. The molecule has 0 aliphatic carbocycles. The van der Waals surface area contributed by atoms with Crippen LogP contribution in [0.2, 0.25) is 0 Å². The van der Waals surface area contributed by atoms with Crippen molar-refractivity contribution in [1.82, 2.24) is 25.5 Å². The number of hydrogen-bond donors (Lipinski definition) is 2. The van der Waals surface area contributed by atoms with Crippen LogP contribution in [0.15, 0.2) is 90.1 Å². The number of thioether (sulfide) groups is 1. The minimum Gasteiger partial charge on any atom is -0.345 e. The zero-order valence-electron chi connectivity index (χ0n) is 17.9. The molecule has 0 saturated carbocycles. The van der Waals surface area contributed by atoms with Crippen LogP contribution >= 0.6 is 11.8 Å². The first-order valence-corrected chi connectivity index (χ1v) is 11.3. The average Bonchev–Trinajstić information content (AvgIpc) is 3.33. The number of carbonyl (C=O) groups excluding carboxylic acids is 2. The lowest BCUT2D eigenvalue weighted by atomic mass is 10.1. The van der Waals surface area contributed by atoms with E-state index in [4.69, 9.17) is 0 Å². The first-order valence-electron chi connectivity index (χ1n) is 10.3. The second kappa shape index (κ2) is 10.6. The summed E-state index contributed by atoms with van der Waals surface area (Å²) in [6.45, 7) is 1.92. The van der Waals surface area contributed by atoms with Crippen molar-refractivity contribution in [3.8, 4) is 5.69 Å². The molecule has 0 saturated heterocycles. The van der Waals surface area contributed by atoms with Crippen molar-refractivity contribution in [2.75, 3.05) is 11.1 Å². The van der Waals surface area contributed by atoms with E-state index in [0.29, 0.717) is 16.4 Å². The summed E-state index contributed by atoms with van der Waals surface area (Å²) < 4.78 is 1.57. The number of benzene rings is 3. The van der Waals surface area contributed by atoms with E-state index >= 15 is 0 Å². The molecule has 4 aromatic rings. The van der Waals surface area contributed by atoms with Crippen LogP contribution in [0.4, 0.5) is 5.69 Å². The Balaban J connectivity index is 1.40. The number of nitrogens with zero attached hydrogens (tertiary/aromatic N) is 4. The molecular weight excluding hydrogens is 436 g/mol. The van der Waals surface area contributed by atoms with Crippen LogP contribution in [-0.4, -0.2) is 37.8 Å². The van der Waals surface area contributed by atoms with Crippen molar-refractivity contribution in [3.63, 3.8) is 0 Å². The van der Waals surface area contributed by atoms with Gasteiger partial charge in [0.2, 0.25) is 11.1 Å². The van der Waals surface area contributed by atoms with Gasteiger partial charge in [0.1, 0.15) is 0 Å². The molecule has 3 aromatic carbocycles. The first-order chi connectivity index (χ1) is 16.1. The zero-order chi connectivity index (χ0) is 23.0. The van der Waals surface area contributed by atoms with E-state index < -0.39 is 0 Å². The predicted octanol–water partition coefficient (Wildman–Crippen LogP) is 3.88. The molecule has 1 atom stereocenters. The van der Waals surface area contributed by atoms with Crippen molar-refractivity contribution in [1.29, 1.82) is 0 Å². The maximum absolute atomic E-state index is 12.9. The highest BCUT2D eigenvalue weighted by Crippen LogP contribution is 2.21. The average molecular weight is 459 g/mol. The molecule has 9 heteroatoms. The summed E-state index contributed by atoms with van der Waals surface area (Å²) in [4.78, 5) is 25.5. The minimum absolute atomic E-state index is 0.0869. The second-order valence-corrected chi connectivity index (χ2v) is 8.14. The van der Waals surface area contributed by atoms with Gasteiger partial charge in [-0.15, -0.1) is 5.10 Å². The number of rotatable bonds is 8. The Morgan fingerprint density at radius 3 is 2.36 bits per heavy atom. The Morgan fingerprint density at radius 2 is 1.61 bits per heavy atom. The topological polar surface area (TPSA) is 102 Å². The number of para-hydroxylation sites is 2. The summed E-state index contributed by atoms with van der Waals surface area (Å²) in [6.07, 6.45) is 0. The van der Waals surface area contributed by atoms with Crippen molar-refractivity contribution < 1.29 is 9.59 Å². The summed E-state index contributed by atoms with van der Waals surface area (Å²) in [5.41, 5.74) is 2.65. The Kier molecular flexibility index (Phi) is 7.11. The fraction of sp³-hybridized carbons (Fsp3) is 0.125. The summed E-state index contributed by atoms with van der Waals surface area (Å²) in [6, 6.07) is 25.9. The number of nitrogens with one attached hydrogen (secondary N) is 2. The third-order valence-corrected chi connectivity index (χ3v) is 5.79. The maximum Gasteiger partial charge on any atom is 0.253 e. The fourth-order valence-corrected chi connectivity index (χ4v) is 3.90. The molecular formula is C24H22N6O2S.